The van der Waals surface area contributed by atoms with Gasteiger partial charge in [0.2, 0.25) is 5.75 Å². The molecular weight excluding hydrogens is 310 g/mol. The van der Waals surface area contributed by atoms with Gasteiger partial charge in [0.1, 0.15) is 5.82 Å². The van der Waals surface area contributed by atoms with E-state index in [4.69, 9.17) is 9.47 Å². The third-order valence-corrected chi connectivity index (χ3v) is 3.48. The molecule has 0 atom stereocenters. The van der Waals surface area contributed by atoms with Crippen molar-refractivity contribution in [3.8, 4) is 22.9 Å². The number of fused-ring (bicyclic) bond motifs is 1. The third kappa shape index (κ3) is 2.88. The number of rotatable bonds is 6. The molecule has 0 saturated carbocycles. The zero-order valence-electron chi connectivity index (χ0n) is 13.4. The van der Waals surface area contributed by atoms with Gasteiger partial charge in [0.25, 0.3) is 0 Å². The molecule has 0 spiro atoms. The molecule has 0 fully saturated rings. The number of hydrogen-bond donors (Lipinski definition) is 1. The number of ether oxygens (including phenoxy) is 2. The van der Waals surface area contributed by atoms with Crippen molar-refractivity contribution < 1.29 is 14.4 Å². The Morgan fingerprint density at radius 3 is 2.58 bits per heavy atom. The highest BCUT2D eigenvalue weighted by Gasteiger charge is 2.23. The van der Waals surface area contributed by atoms with Gasteiger partial charge in [-0.25, -0.2) is 4.98 Å². The minimum Gasteiger partial charge on any atom is -0.490 e. The summed E-state index contributed by atoms with van der Waals surface area (Å²) >= 11 is 0. The van der Waals surface area contributed by atoms with E-state index in [1.54, 1.807) is 13.0 Å². The first-order valence-electron chi connectivity index (χ1n) is 7.67. The number of aromatic amines is 1. The van der Waals surface area contributed by atoms with Gasteiger partial charge in [0.15, 0.2) is 5.75 Å². The molecule has 0 aliphatic heterocycles. The Morgan fingerprint density at radius 1 is 1.17 bits per heavy atom. The van der Waals surface area contributed by atoms with Crippen LogP contribution in [0.1, 0.15) is 13.8 Å². The molecule has 7 heteroatoms. The van der Waals surface area contributed by atoms with Gasteiger partial charge < -0.3 is 14.5 Å². The molecule has 3 rings (SSSR count). The molecule has 0 bridgehead atoms. The predicted molar refractivity (Wildman–Crippen MR) is 90.5 cm³/mol. The zero-order chi connectivity index (χ0) is 17.1. The van der Waals surface area contributed by atoms with Gasteiger partial charge in [-0.15, -0.1) is 0 Å². The Bertz CT molecular complexity index is 856. The molecule has 0 unspecified atom stereocenters. The lowest BCUT2D eigenvalue weighted by molar-refractivity contribution is -0.385. The second-order valence-corrected chi connectivity index (χ2v) is 5.05. The summed E-state index contributed by atoms with van der Waals surface area (Å²) in [7, 11) is 0. The highest BCUT2D eigenvalue weighted by Crippen LogP contribution is 2.41. The number of H-pyrrole nitrogens is 1. The molecule has 0 saturated heterocycles. The number of para-hydroxylation sites is 2. The Labute approximate surface area is 138 Å². The van der Waals surface area contributed by atoms with E-state index < -0.39 is 4.92 Å². The van der Waals surface area contributed by atoms with Crippen molar-refractivity contribution in [2.45, 2.75) is 13.8 Å². The monoisotopic (exact) mass is 327 g/mol. The first-order valence-corrected chi connectivity index (χ1v) is 7.67. The molecule has 1 heterocycles. The number of nitrogens with one attached hydrogen (secondary N) is 1. The van der Waals surface area contributed by atoms with Gasteiger partial charge in [-0.05, 0) is 32.0 Å². The van der Waals surface area contributed by atoms with Gasteiger partial charge in [0, 0.05) is 11.6 Å². The summed E-state index contributed by atoms with van der Waals surface area (Å²) in [5.74, 6) is 1.02. The van der Waals surface area contributed by atoms with E-state index in [0.29, 0.717) is 30.4 Å². The summed E-state index contributed by atoms with van der Waals surface area (Å²) in [5.41, 5.74) is 2.09. The summed E-state index contributed by atoms with van der Waals surface area (Å²) in [6.07, 6.45) is 0. The molecule has 0 amide bonds. The van der Waals surface area contributed by atoms with Crippen molar-refractivity contribution >= 4 is 16.7 Å². The maximum Gasteiger partial charge on any atom is 0.315 e. The first-order chi connectivity index (χ1) is 11.6. The molecule has 1 N–H and O–H groups in total. The number of hydrogen-bond acceptors (Lipinski definition) is 5. The van der Waals surface area contributed by atoms with Gasteiger partial charge in [-0.3, -0.25) is 10.1 Å². The molecule has 1 aromatic heterocycles. The molecule has 24 heavy (non-hydrogen) atoms. The van der Waals surface area contributed by atoms with Gasteiger partial charge >= 0.3 is 5.69 Å². The first kappa shape index (κ1) is 15.8. The van der Waals surface area contributed by atoms with Gasteiger partial charge in [-0.1, -0.05) is 12.1 Å². The van der Waals surface area contributed by atoms with Crippen LogP contribution in [0.3, 0.4) is 0 Å². The summed E-state index contributed by atoms with van der Waals surface area (Å²) < 4.78 is 11.0. The topological polar surface area (TPSA) is 90.3 Å². The lowest BCUT2D eigenvalue weighted by Crippen LogP contribution is -2.03. The lowest BCUT2D eigenvalue weighted by Gasteiger charge is -2.12. The Balaban J connectivity index is 2.18. The lowest BCUT2D eigenvalue weighted by atomic mass is 10.1. The number of aromatic nitrogens is 2. The second kappa shape index (κ2) is 6.57. The maximum atomic E-state index is 11.4. The fourth-order valence-electron chi connectivity index (χ4n) is 2.50. The van der Waals surface area contributed by atoms with Crippen LogP contribution in [0.4, 0.5) is 5.69 Å². The average molecular weight is 327 g/mol. The fraction of sp³-hybridized carbons (Fsp3) is 0.235. The van der Waals surface area contributed by atoms with Crippen LogP contribution < -0.4 is 9.47 Å². The number of nitrogens with zero attached hydrogens (tertiary/aromatic N) is 2. The van der Waals surface area contributed by atoms with Crippen LogP contribution in [0.5, 0.6) is 11.5 Å². The normalized spacial score (nSPS) is 10.8. The summed E-state index contributed by atoms with van der Waals surface area (Å²) in [5, 5.41) is 11.4. The largest absolute Gasteiger partial charge is 0.490 e. The molecular formula is C17H17N3O4. The van der Waals surface area contributed by atoms with Crippen LogP contribution in [0.15, 0.2) is 36.4 Å². The average Bonchev–Trinajstić information content (AvgIpc) is 3.00. The van der Waals surface area contributed by atoms with Crippen LogP contribution in [-0.4, -0.2) is 28.1 Å². The van der Waals surface area contributed by atoms with Gasteiger partial charge in [-0.2, -0.15) is 0 Å². The molecule has 124 valence electrons. The summed E-state index contributed by atoms with van der Waals surface area (Å²) in [6, 6.07) is 10.7. The van der Waals surface area contributed by atoms with Crippen LogP contribution in [-0.2, 0) is 0 Å². The minimum atomic E-state index is -0.473. The quantitative estimate of drug-likeness (QED) is 0.547. The molecule has 0 aliphatic rings. The number of benzene rings is 2. The van der Waals surface area contributed by atoms with E-state index in [1.807, 2.05) is 31.2 Å². The van der Waals surface area contributed by atoms with Crippen molar-refractivity contribution in [2.75, 3.05) is 13.2 Å². The highest BCUT2D eigenvalue weighted by molar-refractivity contribution is 5.80. The standard InChI is InChI=1S/C17H17N3O4/c1-3-23-15-10-11(9-14(20(21)22)16(15)24-4-2)17-18-12-7-5-6-8-13(12)19-17/h5-10H,3-4H2,1-2H3,(H,18,19). The second-order valence-electron chi connectivity index (χ2n) is 5.05. The Hall–Kier alpha value is -3.09. The van der Waals surface area contributed by atoms with Crippen LogP contribution >= 0.6 is 0 Å². The molecule has 3 aromatic rings. The van der Waals surface area contributed by atoms with Crippen molar-refractivity contribution in [3.05, 3.63) is 46.5 Å². The molecule has 0 radical (unpaired) electrons. The summed E-state index contributed by atoms with van der Waals surface area (Å²) in [6.45, 7) is 4.27. The van der Waals surface area contributed by atoms with E-state index in [-0.39, 0.29) is 11.4 Å². The summed E-state index contributed by atoms with van der Waals surface area (Å²) in [4.78, 5) is 18.6. The Morgan fingerprint density at radius 2 is 1.92 bits per heavy atom. The van der Waals surface area contributed by atoms with E-state index >= 15 is 0 Å². The van der Waals surface area contributed by atoms with Crippen molar-refractivity contribution in [3.63, 3.8) is 0 Å². The minimum absolute atomic E-state index is 0.141. The van der Waals surface area contributed by atoms with Crippen molar-refractivity contribution in [1.82, 2.24) is 9.97 Å². The van der Waals surface area contributed by atoms with E-state index in [0.717, 1.165) is 11.0 Å². The van der Waals surface area contributed by atoms with E-state index in [1.165, 1.54) is 6.07 Å². The predicted octanol–water partition coefficient (Wildman–Crippen LogP) is 3.94. The molecule has 7 nitrogen and oxygen atoms in total. The van der Waals surface area contributed by atoms with Crippen LogP contribution in [0.2, 0.25) is 0 Å². The SMILES string of the molecule is CCOc1cc(-c2nc3ccccc3[nH]2)cc([N+](=O)[O-])c1OCC. The molecule has 2 aromatic carbocycles. The fourth-order valence-corrected chi connectivity index (χ4v) is 2.50. The van der Waals surface area contributed by atoms with Crippen molar-refractivity contribution in [1.29, 1.82) is 0 Å². The maximum absolute atomic E-state index is 11.4. The zero-order valence-corrected chi connectivity index (χ0v) is 13.4. The van der Waals surface area contributed by atoms with E-state index in [9.17, 15) is 10.1 Å². The Kier molecular flexibility index (Phi) is 4.33. The number of imidazole rings is 1. The van der Waals surface area contributed by atoms with Crippen molar-refractivity contribution in [2.24, 2.45) is 0 Å². The van der Waals surface area contributed by atoms with E-state index in [2.05, 4.69) is 9.97 Å². The smallest absolute Gasteiger partial charge is 0.315 e. The highest BCUT2D eigenvalue weighted by atomic mass is 16.6. The third-order valence-electron chi connectivity index (χ3n) is 3.48. The van der Waals surface area contributed by atoms with Gasteiger partial charge in [0.05, 0.1) is 29.2 Å². The number of nitro groups is 1. The van der Waals surface area contributed by atoms with Crippen LogP contribution in [0, 0.1) is 10.1 Å². The number of nitro benzene ring substituents is 1. The van der Waals surface area contributed by atoms with Crippen LogP contribution in [0.25, 0.3) is 22.4 Å². The molecule has 0 aliphatic carbocycles.